The maximum Gasteiger partial charge on any atom is 0.254 e. The Bertz CT molecular complexity index is 572. The third-order valence-corrected chi connectivity index (χ3v) is 4.94. The summed E-state index contributed by atoms with van der Waals surface area (Å²) in [5, 5.41) is 3.38. The van der Waals surface area contributed by atoms with Crippen LogP contribution in [0.25, 0.3) is 0 Å². The second-order valence-corrected chi connectivity index (χ2v) is 6.43. The SMILES string of the molecule is Cl.O=C(c1cc(Br)c2c(c1)OCO2)N1C[C@H]2CNC[C@H]2C1. The zero-order valence-corrected chi connectivity index (χ0v) is 13.7. The Hall–Kier alpha value is -0.980. The number of nitrogens with one attached hydrogen (secondary N) is 1. The van der Waals surface area contributed by atoms with Gasteiger partial charge in [-0.3, -0.25) is 4.79 Å². The highest BCUT2D eigenvalue weighted by atomic mass is 79.9. The summed E-state index contributed by atoms with van der Waals surface area (Å²) in [6.07, 6.45) is 0. The van der Waals surface area contributed by atoms with Crippen molar-refractivity contribution in [3.63, 3.8) is 0 Å². The van der Waals surface area contributed by atoms with Crippen LogP contribution in [0.5, 0.6) is 11.5 Å². The minimum Gasteiger partial charge on any atom is -0.454 e. The number of fused-ring (bicyclic) bond motifs is 2. The van der Waals surface area contributed by atoms with Crippen LogP contribution in [-0.2, 0) is 0 Å². The molecule has 1 N–H and O–H groups in total. The second kappa shape index (κ2) is 5.66. The lowest BCUT2D eigenvalue weighted by Gasteiger charge is -2.18. The summed E-state index contributed by atoms with van der Waals surface area (Å²) in [6, 6.07) is 3.60. The van der Waals surface area contributed by atoms with Crippen LogP contribution in [0.15, 0.2) is 16.6 Å². The lowest BCUT2D eigenvalue weighted by Crippen LogP contribution is -2.31. The highest BCUT2D eigenvalue weighted by molar-refractivity contribution is 9.10. The van der Waals surface area contributed by atoms with E-state index in [0.29, 0.717) is 28.9 Å². The van der Waals surface area contributed by atoms with Crippen molar-refractivity contribution in [1.29, 1.82) is 0 Å². The molecular formula is C14H16BrClN2O3. The normalized spacial score (nSPS) is 25.7. The van der Waals surface area contributed by atoms with Crippen LogP contribution in [0.1, 0.15) is 10.4 Å². The van der Waals surface area contributed by atoms with Crippen molar-refractivity contribution >= 4 is 34.2 Å². The highest BCUT2D eigenvalue weighted by Gasteiger charge is 2.38. The smallest absolute Gasteiger partial charge is 0.254 e. The largest absolute Gasteiger partial charge is 0.454 e. The zero-order chi connectivity index (χ0) is 13.7. The van der Waals surface area contributed by atoms with Gasteiger partial charge in [0.2, 0.25) is 6.79 Å². The molecule has 1 amide bonds. The molecule has 3 aliphatic heterocycles. The Balaban J connectivity index is 0.00000132. The number of rotatable bonds is 1. The number of halogens is 2. The summed E-state index contributed by atoms with van der Waals surface area (Å²) < 4.78 is 11.5. The monoisotopic (exact) mass is 374 g/mol. The number of benzene rings is 1. The molecular weight excluding hydrogens is 360 g/mol. The first kappa shape index (κ1) is 14.9. The van der Waals surface area contributed by atoms with Gasteiger partial charge in [-0.1, -0.05) is 0 Å². The fourth-order valence-electron chi connectivity index (χ4n) is 3.29. The number of amides is 1. The van der Waals surface area contributed by atoms with Crippen LogP contribution < -0.4 is 14.8 Å². The molecule has 5 nitrogen and oxygen atoms in total. The van der Waals surface area contributed by atoms with Crippen LogP contribution in [-0.4, -0.2) is 43.8 Å². The summed E-state index contributed by atoms with van der Waals surface area (Å²) in [7, 11) is 0. The van der Waals surface area contributed by atoms with Crippen molar-refractivity contribution in [3.8, 4) is 11.5 Å². The van der Waals surface area contributed by atoms with Crippen molar-refractivity contribution < 1.29 is 14.3 Å². The van der Waals surface area contributed by atoms with E-state index in [-0.39, 0.29) is 25.1 Å². The van der Waals surface area contributed by atoms with Crippen molar-refractivity contribution in [2.24, 2.45) is 11.8 Å². The van der Waals surface area contributed by atoms with Gasteiger partial charge >= 0.3 is 0 Å². The average molecular weight is 376 g/mol. The molecule has 2 saturated heterocycles. The van der Waals surface area contributed by atoms with E-state index in [1.807, 2.05) is 11.0 Å². The molecule has 1 aromatic rings. The number of likely N-dealkylation sites (tertiary alicyclic amines) is 1. The van der Waals surface area contributed by atoms with E-state index in [1.54, 1.807) is 6.07 Å². The molecule has 0 aromatic heterocycles. The predicted molar refractivity (Wildman–Crippen MR) is 83.3 cm³/mol. The first-order chi connectivity index (χ1) is 9.72. The molecule has 0 spiro atoms. The molecule has 114 valence electrons. The van der Waals surface area contributed by atoms with E-state index in [1.165, 1.54) is 0 Å². The maximum absolute atomic E-state index is 12.6. The third-order valence-electron chi connectivity index (χ3n) is 4.35. The topological polar surface area (TPSA) is 50.8 Å². The molecule has 0 bridgehead atoms. The van der Waals surface area contributed by atoms with Crippen LogP contribution in [0.4, 0.5) is 0 Å². The van der Waals surface area contributed by atoms with Gasteiger partial charge < -0.3 is 19.7 Å². The second-order valence-electron chi connectivity index (χ2n) is 5.58. The van der Waals surface area contributed by atoms with E-state index >= 15 is 0 Å². The van der Waals surface area contributed by atoms with Gasteiger partial charge in [-0.2, -0.15) is 0 Å². The van der Waals surface area contributed by atoms with Crippen LogP contribution in [0.3, 0.4) is 0 Å². The predicted octanol–water partition coefficient (Wildman–Crippen LogP) is 1.89. The van der Waals surface area contributed by atoms with Gasteiger partial charge in [0, 0.05) is 31.7 Å². The highest BCUT2D eigenvalue weighted by Crippen LogP contribution is 2.40. The Morgan fingerprint density at radius 1 is 1.24 bits per heavy atom. The van der Waals surface area contributed by atoms with Gasteiger partial charge in [0.1, 0.15) is 0 Å². The molecule has 7 heteroatoms. The molecule has 0 saturated carbocycles. The quantitative estimate of drug-likeness (QED) is 0.814. The van der Waals surface area contributed by atoms with E-state index in [9.17, 15) is 4.79 Å². The fraction of sp³-hybridized carbons (Fsp3) is 0.500. The van der Waals surface area contributed by atoms with Crippen LogP contribution in [0, 0.1) is 11.8 Å². The first-order valence-corrected chi connectivity index (χ1v) is 7.61. The zero-order valence-electron chi connectivity index (χ0n) is 11.3. The Kier molecular flexibility index (Phi) is 4.03. The standard InChI is InChI=1S/C14H15BrN2O3.ClH/c15-11-1-8(2-12-13(11)20-7-19-12)14(18)17-5-9-3-16-4-10(9)6-17;/h1-2,9-10,16H,3-7H2;1H/t9-,10+;. The lowest BCUT2D eigenvalue weighted by molar-refractivity contribution is 0.0781. The number of hydrogen-bond donors (Lipinski definition) is 1. The molecule has 0 unspecified atom stereocenters. The number of hydrogen-bond acceptors (Lipinski definition) is 4. The Morgan fingerprint density at radius 2 is 1.95 bits per heavy atom. The third kappa shape index (κ3) is 2.49. The molecule has 2 fully saturated rings. The van der Waals surface area contributed by atoms with E-state index in [0.717, 1.165) is 30.7 Å². The Labute approximate surface area is 137 Å². The maximum atomic E-state index is 12.6. The van der Waals surface area contributed by atoms with Crippen molar-refractivity contribution in [2.45, 2.75) is 0 Å². The summed E-state index contributed by atoms with van der Waals surface area (Å²) in [6.45, 7) is 3.97. The lowest BCUT2D eigenvalue weighted by atomic mass is 10.0. The van der Waals surface area contributed by atoms with E-state index in [4.69, 9.17) is 9.47 Å². The van der Waals surface area contributed by atoms with Gasteiger partial charge in [-0.25, -0.2) is 0 Å². The molecule has 2 atom stereocenters. The van der Waals surface area contributed by atoms with Crippen LogP contribution >= 0.6 is 28.3 Å². The Morgan fingerprint density at radius 3 is 2.67 bits per heavy atom. The van der Waals surface area contributed by atoms with Crippen molar-refractivity contribution in [2.75, 3.05) is 33.0 Å². The number of carbonyl (C=O) groups excluding carboxylic acids is 1. The first-order valence-electron chi connectivity index (χ1n) is 6.81. The van der Waals surface area contributed by atoms with Crippen molar-refractivity contribution in [1.82, 2.24) is 10.2 Å². The van der Waals surface area contributed by atoms with E-state index < -0.39 is 0 Å². The minimum atomic E-state index is 0. The summed E-state index contributed by atoms with van der Waals surface area (Å²) in [4.78, 5) is 14.6. The van der Waals surface area contributed by atoms with E-state index in [2.05, 4.69) is 21.2 Å². The molecule has 0 aliphatic carbocycles. The number of carbonyl (C=O) groups is 1. The number of nitrogens with zero attached hydrogens (tertiary/aromatic N) is 1. The summed E-state index contributed by atoms with van der Waals surface area (Å²) >= 11 is 3.44. The summed E-state index contributed by atoms with van der Waals surface area (Å²) in [5.41, 5.74) is 0.661. The fourth-order valence-corrected chi connectivity index (χ4v) is 3.85. The van der Waals surface area contributed by atoms with Crippen LogP contribution in [0.2, 0.25) is 0 Å². The molecule has 3 heterocycles. The van der Waals surface area contributed by atoms with Crippen molar-refractivity contribution in [3.05, 3.63) is 22.2 Å². The molecule has 4 rings (SSSR count). The van der Waals surface area contributed by atoms with Gasteiger partial charge in [-0.05, 0) is 39.9 Å². The number of ether oxygens (including phenoxy) is 2. The van der Waals surface area contributed by atoms with Gasteiger partial charge in [0.05, 0.1) is 4.47 Å². The molecule has 0 radical (unpaired) electrons. The van der Waals surface area contributed by atoms with Gasteiger partial charge in [0.25, 0.3) is 5.91 Å². The molecule has 21 heavy (non-hydrogen) atoms. The van der Waals surface area contributed by atoms with Gasteiger partial charge in [-0.15, -0.1) is 12.4 Å². The molecule has 1 aromatic carbocycles. The molecule has 3 aliphatic rings. The summed E-state index contributed by atoms with van der Waals surface area (Å²) in [5.74, 6) is 2.62. The average Bonchev–Trinajstić information content (AvgIpc) is 3.12. The van der Waals surface area contributed by atoms with Gasteiger partial charge in [0.15, 0.2) is 11.5 Å². The minimum absolute atomic E-state index is 0.